The van der Waals surface area contributed by atoms with Crippen LogP contribution in [0.4, 0.5) is 5.69 Å². The van der Waals surface area contributed by atoms with Crippen LogP contribution in [0.15, 0.2) is 18.2 Å². The number of aryl methyl sites for hydroxylation is 1. The third kappa shape index (κ3) is 2.40. The third-order valence-corrected chi connectivity index (χ3v) is 4.49. The largest absolute Gasteiger partial charge is 0.399 e. The Labute approximate surface area is 119 Å². The minimum absolute atomic E-state index is 0.106. The molecule has 1 aliphatic heterocycles. The molecule has 1 heterocycles. The van der Waals surface area contributed by atoms with Gasteiger partial charge in [0.15, 0.2) is 0 Å². The second-order valence-electron chi connectivity index (χ2n) is 5.83. The Morgan fingerprint density at radius 3 is 3.00 bits per heavy atom. The number of morpholine rings is 1. The van der Waals surface area contributed by atoms with E-state index in [2.05, 4.69) is 0 Å². The Bertz CT molecular complexity index is 513. The molecule has 1 aromatic rings. The van der Waals surface area contributed by atoms with Gasteiger partial charge >= 0.3 is 0 Å². The number of hydrogen-bond donors (Lipinski definition) is 1. The smallest absolute Gasteiger partial charge is 0.254 e. The van der Waals surface area contributed by atoms with Gasteiger partial charge in [0, 0.05) is 17.8 Å². The first-order valence-corrected chi connectivity index (χ1v) is 7.45. The van der Waals surface area contributed by atoms with E-state index in [1.54, 1.807) is 6.07 Å². The molecule has 0 spiro atoms. The predicted molar refractivity (Wildman–Crippen MR) is 78.6 cm³/mol. The number of rotatable bonds is 1. The van der Waals surface area contributed by atoms with Gasteiger partial charge in [-0.15, -0.1) is 0 Å². The van der Waals surface area contributed by atoms with Crippen LogP contribution in [0.5, 0.6) is 0 Å². The molecule has 2 atom stereocenters. The van der Waals surface area contributed by atoms with Crippen molar-refractivity contribution in [3.63, 3.8) is 0 Å². The summed E-state index contributed by atoms with van der Waals surface area (Å²) in [5.74, 6) is 0.106. The van der Waals surface area contributed by atoms with E-state index in [0.717, 1.165) is 24.0 Å². The number of fused-ring (bicyclic) bond motifs is 1. The Balaban J connectivity index is 1.87. The van der Waals surface area contributed by atoms with E-state index < -0.39 is 0 Å². The molecule has 4 heteroatoms. The minimum Gasteiger partial charge on any atom is -0.399 e. The van der Waals surface area contributed by atoms with Crippen molar-refractivity contribution in [3.05, 3.63) is 29.3 Å². The monoisotopic (exact) mass is 274 g/mol. The summed E-state index contributed by atoms with van der Waals surface area (Å²) in [6, 6.07) is 5.80. The Morgan fingerprint density at radius 2 is 2.15 bits per heavy atom. The van der Waals surface area contributed by atoms with Crippen LogP contribution in [0.25, 0.3) is 0 Å². The summed E-state index contributed by atoms with van der Waals surface area (Å²) in [6.07, 6.45) is 4.75. The summed E-state index contributed by atoms with van der Waals surface area (Å²) in [4.78, 5) is 14.9. The van der Waals surface area contributed by atoms with E-state index >= 15 is 0 Å². The lowest BCUT2D eigenvalue weighted by Crippen LogP contribution is -2.54. The molecule has 3 rings (SSSR count). The molecule has 1 saturated carbocycles. The molecule has 20 heavy (non-hydrogen) atoms. The fraction of sp³-hybridized carbons (Fsp3) is 0.562. The van der Waals surface area contributed by atoms with Gasteiger partial charge < -0.3 is 15.4 Å². The average Bonchev–Trinajstić information content (AvgIpc) is 2.48. The van der Waals surface area contributed by atoms with E-state index in [1.165, 1.54) is 12.8 Å². The lowest BCUT2D eigenvalue weighted by Gasteiger charge is -2.44. The third-order valence-electron chi connectivity index (χ3n) is 4.49. The predicted octanol–water partition coefficient (Wildman–Crippen LogP) is 2.36. The molecule has 1 aromatic carbocycles. The zero-order valence-corrected chi connectivity index (χ0v) is 12.0. The summed E-state index contributed by atoms with van der Waals surface area (Å²) >= 11 is 0. The van der Waals surface area contributed by atoms with Crippen LogP contribution in [0.2, 0.25) is 0 Å². The van der Waals surface area contributed by atoms with Crippen LogP contribution < -0.4 is 5.73 Å². The number of carbonyl (C=O) groups excluding carboxylic acids is 1. The Hall–Kier alpha value is -1.55. The molecule has 2 unspecified atom stereocenters. The van der Waals surface area contributed by atoms with Crippen molar-refractivity contribution in [2.24, 2.45) is 0 Å². The van der Waals surface area contributed by atoms with Gasteiger partial charge in [-0.1, -0.05) is 18.9 Å². The molecule has 1 amide bonds. The molecule has 108 valence electrons. The first-order valence-electron chi connectivity index (χ1n) is 7.45. The zero-order valence-electron chi connectivity index (χ0n) is 12.0. The number of nitrogens with zero attached hydrogens (tertiary/aromatic N) is 1. The Morgan fingerprint density at radius 1 is 1.35 bits per heavy atom. The number of ether oxygens (including phenoxy) is 1. The molecule has 2 N–H and O–H groups in total. The first-order chi connectivity index (χ1) is 9.66. The van der Waals surface area contributed by atoms with Crippen molar-refractivity contribution in [1.82, 2.24) is 4.90 Å². The van der Waals surface area contributed by atoms with Gasteiger partial charge in [-0.25, -0.2) is 0 Å². The van der Waals surface area contributed by atoms with Gasteiger partial charge in [-0.05, 0) is 37.5 Å². The van der Waals surface area contributed by atoms with Crippen LogP contribution in [-0.4, -0.2) is 36.1 Å². The van der Waals surface area contributed by atoms with Crippen molar-refractivity contribution in [3.8, 4) is 0 Å². The normalized spacial score (nSPS) is 26.1. The highest BCUT2D eigenvalue weighted by molar-refractivity contribution is 5.96. The topological polar surface area (TPSA) is 55.6 Å². The van der Waals surface area contributed by atoms with Gasteiger partial charge in [0.2, 0.25) is 0 Å². The quantitative estimate of drug-likeness (QED) is 0.800. The van der Waals surface area contributed by atoms with Gasteiger partial charge in [0.05, 0.1) is 18.8 Å². The zero-order chi connectivity index (χ0) is 14.1. The highest BCUT2D eigenvalue weighted by Crippen LogP contribution is 2.30. The number of nitrogen functional groups attached to an aromatic ring is 1. The summed E-state index contributed by atoms with van der Waals surface area (Å²) in [5, 5.41) is 0. The average molecular weight is 274 g/mol. The Kier molecular flexibility index (Phi) is 3.66. The van der Waals surface area contributed by atoms with Gasteiger partial charge in [-0.2, -0.15) is 0 Å². The highest BCUT2D eigenvalue weighted by atomic mass is 16.5. The van der Waals surface area contributed by atoms with Crippen LogP contribution in [0.1, 0.15) is 41.6 Å². The standard InChI is InChI=1S/C16H22N2O2/c1-11-6-7-12(17)10-13(11)16(19)18-8-9-20-15-5-3-2-4-14(15)18/h6-7,10,14-15H,2-5,8-9,17H2,1H3. The van der Waals surface area contributed by atoms with Crippen molar-refractivity contribution in [2.75, 3.05) is 18.9 Å². The van der Waals surface area contributed by atoms with Gasteiger partial charge in [0.25, 0.3) is 5.91 Å². The van der Waals surface area contributed by atoms with Crippen molar-refractivity contribution in [2.45, 2.75) is 44.8 Å². The number of carbonyl (C=O) groups is 1. The van der Waals surface area contributed by atoms with Crippen LogP contribution in [-0.2, 0) is 4.74 Å². The summed E-state index contributed by atoms with van der Waals surface area (Å²) in [5.41, 5.74) is 8.20. The number of benzene rings is 1. The van der Waals surface area contributed by atoms with Crippen molar-refractivity contribution < 1.29 is 9.53 Å². The van der Waals surface area contributed by atoms with Crippen LogP contribution in [0, 0.1) is 6.92 Å². The number of amides is 1. The summed E-state index contributed by atoms with van der Waals surface area (Å²) in [7, 11) is 0. The van der Waals surface area contributed by atoms with Crippen molar-refractivity contribution >= 4 is 11.6 Å². The van der Waals surface area contributed by atoms with Gasteiger partial charge in [-0.3, -0.25) is 4.79 Å². The van der Waals surface area contributed by atoms with Crippen molar-refractivity contribution in [1.29, 1.82) is 0 Å². The summed E-state index contributed by atoms with van der Waals surface area (Å²) < 4.78 is 5.83. The van der Waals surface area contributed by atoms with Crippen LogP contribution >= 0.6 is 0 Å². The fourth-order valence-corrected chi connectivity index (χ4v) is 3.37. The number of hydrogen-bond acceptors (Lipinski definition) is 3. The first kappa shape index (κ1) is 13.4. The van der Waals surface area contributed by atoms with E-state index in [-0.39, 0.29) is 18.1 Å². The SMILES string of the molecule is Cc1ccc(N)cc1C(=O)N1CCOC2CCCCC21. The lowest BCUT2D eigenvalue weighted by molar-refractivity contribution is -0.0753. The van der Waals surface area contributed by atoms with E-state index in [1.807, 2.05) is 24.0 Å². The molecule has 0 aromatic heterocycles. The molecule has 0 bridgehead atoms. The number of anilines is 1. The maximum Gasteiger partial charge on any atom is 0.254 e. The molecular formula is C16H22N2O2. The van der Waals surface area contributed by atoms with E-state index in [0.29, 0.717) is 18.8 Å². The molecule has 4 nitrogen and oxygen atoms in total. The van der Waals surface area contributed by atoms with E-state index in [4.69, 9.17) is 10.5 Å². The molecule has 2 aliphatic rings. The lowest BCUT2D eigenvalue weighted by atomic mass is 9.89. The second-order valence-corrected chi connectivity index (χ2v) is 5.83. The second kappa shape index (κ2) is 5.44. The fourth-order valence-electron chi connectivity index (χ4n) is 3.37. The maximum atomic E-state index is 12.8. The molecular weight excluding hydrogens is 252 g/mol. The molecule has 1 saturated heterocycles. The molecule has 0 radical (unpaired) electrons. The minimum atomic E-state index is 0.106. The van der Waals surface area contributed by atoms with E-state index in [9.17, 15) is 4.79 Å². The number of nitrogens with two attached hydrogens (primary N) is 1. The summed E-state index contributed by atoms with van der Waals surface area (Å²) in [6.45, 7) is 3.30. The maximum absolute atomic E-state index is 12.8. The molecule has 1 aliphatic carbocycles. The van der Waals surface area contributed by atoms with Gasteiger partial charge in [0.1, 0.15) is 0 Å². The molecule has 2 fully saturated rings. The van der Waals surface area contributed by atoms with Crippen LogP contribution in [0.3, 0.4) is 0 Å². The highest BCUT2D eigenvalue weighted by Gasteiger charge is 2.37.